The number of carbonyl (C=O) groups is 1. The first kappa shape index (κ1) is 10.8. The Kier molecular flexibility index (Phi) is 2.26. The molecular formula is C14H17NO2. The van der Waals surface area contributed by atoms with Crippen molar-refractivity contribution in [1.29, 1.82) is 0 Å². The minimum Gasteiger partial charge on any atom is -0.478 e. The van der Waals surface area contributed by atoms with Crippen molar-refractivity contribution in [2.45, 2.75) is 19.3 Å². The van der Waals surface area contributed by atoms with E-state index in [4.69, 9.17) is 5.11 Å². The Morgan fingerprint density at radius 2 is 2.12 bits per heavy atom. The van der Waals surface area contributed by atoms with Gasteiger partial charge in [-0.3, -0.25) is 0 Å². The van der Waals surface area contributed by atoms with E-state index in [1.165, 1.54) is 24.1 Å². The number of rotatable bonds is 1. The minimum atomic E-state index is -0.822. The van der Waals surface area contributed by atoms with Crippen LogP contribution in [0.1, 0.15) is 27.9 Å². The van der Waals surface area contributed by atoms with Gasteiger partial charge in [0.15, 0.2) is 0 Å². The van der Waals surface area contributed by atoms with E-state index in [9.17, 15) is 4.79 Å². The van der Waals surface area contributed by atoms with E-state index in [1.54, 1.807) is 6.07 Å². The Bertz CT molecular complexity index is 483. The molecule has 2 aliphatic rings. The third-order valence-electron chi connectivity index (χ3n) is 4.21. The fourth-order valence-electron chi connectivity index (χ4n) is 3.41. The lowest BCUT2D eigenvalue weighted by molar-refractivity contribution is 0.0696. The number of aromatic carboxylic acids is 1. The summed E-state index contributed by atoms with van der Waals surface area (Å²) in [6.07, 6.45) is 3.40. The van der Waals surface area contributed by atoms with Gasteiger partial charge >= 0.3 is 5.97 Å². The van der Waals surface area contributed by atoms with E-state index < -0.39 is 5.97 Å². The second kappa shape index (κ2) is 3.57. The number of carboxylic acid groups (broad SMARTS) is 1. The Morgan fingerprint density at radius 3 is 2.76 bits per heavy atom. The van der Waals surface area contributed by atoms with Gasteiger partial charge in [0, 0.05) is 6.54 Å². The van der Waals surface area contributed by atoms with Gasteiger partial charge in [0.05, 0.1) is 5.56 Å². The van der Waals surface area contributed by atoms with Crippen LogP contribution in [0, 0.1) is 5.41 Å². The summed E-state index contributed by atoms with van der Waals surface area (Å²) < 4.78 is 0. The monoisotopic (exact) mass is 231 g/mol. The van der Waals surface area contributed by atoms with Crippen LogP contribution in [0.25, 0.3) is 0 Å². The molecule has 3 rings (SSSR count). The highest BCUT2D eigenvalue weighted by atomic mass is 16.4. The molecule has 0 bridgehead atoms. The summed E-state index contributed by atoms with van der Waals surface area (Å²) in [6.45, 7) is 2.31. The molecule has 3 nitrogen and oxygen atoms in total. The van der Waals surface area contributed by atoms with E-state index in [0.717, 1.165) is 19.4 Å². The molecule has 1 aromatic carbocycles. The number of benzene rings is 1. The SMILES string of the molecule is CN1CC[C@@]2(Cc3ccc(C(=O)O)cc3C2)C1. The fourth-order valence-corrected chi connectivity index (χ4v) is 3.41. The predicted molar refractivity (Wildman–Crippen MR) is 65.4 cm³/mol. The van der Waals surface area contributed by atoms with Crippen molar-refractivity contribution in [3.8, 4) is 0 Å². The zero-order chi connectivity index (χ0) is 12.0. The molecule has 3 heteroatoms. The third kappa shape index (κ3) is 1.75. The maximum atomic E-state index is 11.0. The van der Waals surface area contributed by atoms with Crippen LogP contribution >= 0.6 is 0 Å². The molecule has 1 aliphatic heterocycles. The van der Waals surface area contributed by atoms with E-state index in [0.29, 0.717) is 11.0 Å². The molecule has 1 aliphatic carbocycles. The number of likely N-dealkylation sites (tertiary alicyclic amines) is 1. The molecule has 1 fully saturated rings. The zero-order valence-corrected chi connectivity index (χ0v) is 10.1. The van der Waals surface area contributed by atoms with Crippen LogP contribution in [0.5, 0.6) is 0 Å². The summed E-state index contributed by atoms with van der Waals surface area (Å²) in [5.74, 6) is -0.822. The van der Waals surface area contributed by atoms with Gasteiger partial charge in [-0.15, -0.1) is 0 Å². The van der Waals surface area contributed by atoms with Crippen molar-refractivity contribution < 1.29 is 9.90 Å². The first-order valence-electron chi connectivity index (χ1n) is 6.12. The van der Waals surface area contributed by atoms with Crippen molar-refractivity contribution in [2.24, 2.45) is 5.41 Å². The molecule has 90 valence electrons. The van der Waals surface area contributed by atoms with E-state index >= 15 is 0 Å². The summed E-state index contributed by atoms with van der Waals surface area (Å²) in [6, 6.07) is 5.61. The summed E-state index contributed by atoms with van der Waals surface area (Å²) in [5.41, 5.74) is 3.41. The molecule has 0 radical (unpaired) electrons. The number of nitrogens with zero attached hydrogens (tertiary/aromatic N) is 1. The van der Waals surface area contributed by atoms with Crippen molar-refractivity contribution in [3.05, 3.63) is 34.9 Å². The lowest BCUT2D eigenvalue weighted by Gasteiger charge is -2.22. The summed E-state index contributed by atoms with van der Waals surface area (Å²) in [5, 5.41) is 9.01. The van der Waals surface area contributed by atoms with Crippen LogP contribution in [-0.2, 0) is 12.8 Å². The van der Waals surface area contributed by atoms with Gasteiger partial charge in [-0.25, -0.2) is 4.79 Å². The zero-order valence-electron chi connectivity index (χ0n) is 10.1. The fraction of sp³-hybridized carbons (Fsp3) is 0.500. The molecular weight excluding hydrogens is 214 g/mol. The normalized spacial score (nSPS) is 27.6. The largest absolute Gasteiger partial charge is 0.478 e. The highest BCUT2D eigenvalue weighted by Crippen LogP contribution is 2.43. The maximum absolute atomic E-state index is 11.0. The lowest BCUT2D eigenvalue weighted by Crippen LogP contribution is -2.25. The van der Waals surface area contributed by atoms with E-state index in [-0.39, 0.29) is 0 Å². The Morgan fingerprint density at radius 1 is 1.35 bits per heavy atom. The Labute approximate surface area is 101 Å². The second-order valence-corrected chi connectivity index (χ2v) is 5.63. The van der Waals surface area contributed by atoms with Gasteiger partial charge in [0.2, 0.25) is 0 Å². The van der Waals surface area contributed by atoms with Crippen molar-refractivity contribution >= 4 is 5.97 Å². The van der Waals surface area contributed by atoms with Crippen LogP contribution in [-0.4, -0.2) is 36.1 Å². The molecule has 0 unspecified atom stereocenters. The molecule has 0 saturated carbocycles. The van der Waals surface area contributed by atoms with Crippen LogP contribution in [0.3, 0.4) is 0 Å². The topological polar surface area (TPSA) is 40.5 Å². The average molecular weight is 231 g/mol. The van der Waals surface area contributed by atoms with E-state index in [1.807, 2.05) is 12.1 Å². The smallest absolute Gasteiger partial charge is 0.335 e. The lowest BCUT2D eigenvalue weighted by atomic mass is 9.84. The molecule has 1 saturated heterocycles. The number of hydrogen-bond acceptors (Lipinski definition) is 2. The van der Waals surface area contributed by atoms with Crippen LogP contribution in [0.15, 0.2) is 18.2 Å². The van der Waals surface area contributed by atoms with Crippen molar-refractivity contribution in [3.63, 3.8) is 0 Å². The van der Waals surface area contributed by atoms with Crippen LogP contribution in [0.4, 0.5) is 0 Å². The molecule has 1 aromatic rings. The van der Waals surface area contributed by atoms with Gasteiger partial charge in [0.1, 0.15) is 0 Å². The Hall–Kier alpha value is -1.35. The van der Waals surface area contributed by atoms with Gasteiger partial charge in [-0.1, -0.05) is 6.07 Å². The van der Waals surface area contributed by atoms with Crippen LogP contribution < -0.4 is 0 Å². The molecule has 1 heterocycles. The number of fused-ring (bicyclic) bond motifs is 1. The molecule has 1 N–H and O–H groups in total. The average Bonchev–Trinajstić information content (AvgIpc) is 2.80. The first-order chi connectivity index (χ1) is 8.08. The first-order valence-corrected chi connectivity index (χ1v) is 6.12. The molecule has 0 amide bonds. The van der Waals surface area contributed by atoms with Gasteiger partial charge in [-0.2, -0.15) is 0 Å². The van der Waals surface area contributed by atoms with Gasteiger partial charge in [-0.05, 0) is 61.5 Å². The summed E-state index contributed by atoms with van der Waals surface area (Å²) in [4.78, 5) is 13.3. The van der Waals surface area contributed by atoms with E-state index in [2.05, 4.69) is 11.9 Å². The summed E-state index contributed by atoms with van der Waals surface area (Å²) in [7, 11) is 2.17. The third-order valence-corrected chi connectivity index (χ3v) is 4.21. The maximum Gasteiger partial charge on any atom is 0.335 e. The van der Waals surface area contributed by atoms with Gasteiger partial charge in [0.25, 0.3) is 0 Å². The van der Waals surface area contributed by atoms with Gasteiger partial charge < -0.3 is 10.0 Å². The standard InChI is InChI=1S/C14H17NO2/c1-15-5-4-14(9-15)7-11-3-2-10(13(16)17)6-12(11)8-14/h2-3,6H,4-5,7-9H2,1H3,(H,16,17)/t14-/m0/s1. The number of carboxylic acids is 1. The van der Waals surface area contributed by atoms with Crippen LogP contribution in [0.2, 0.25) is 0 Å². The Balaban J connectivity index is 1.91. The highest BCUT2D eigenvalue weighted by molar-refractivity contribution is 5.88. The second-order valence-electron chi connectivity index (χ2n) is 5.63. The molecule has 17 heavy (non-hydrogen) atoms. The van der Waals surface area contributed by atoms with Crippen molar-refractivity contribution in [1.82, 2.24) is 4.90 Å². The predicted octanol–water partition coefficient (Wildman–Crippen LogP) is 1.81. The molecule has 1 spiro atoms. The minimum absolute atomic E-state index is 0.383. The van der Waals surface area contributed by atoms with Crippen molar-refractivity contribution in [2.75, 3.05) is 20.1 Å². The molecule has 1 atom stereocenters. The number of hydrogen-bond donors (Lipinski definition) is 1. The highest BCUT2D eigenvalue weighted by Gasteiger charge is 2.41. The summed E-state index contributed by atoms with van der Waals surface area (Å²) >= 11 is 0. The quantitative estimate of drug-likeness (QED) is 0.801. The molecule has 0 aromatic heterocycles.